The molecule has 3 rings (SSSR count). The minimum Gasteiger partial charge on any atom is -0.488 e. The lowest BCUT2D eigenvalue weighted by molar-refractivity contribution is 0.0950. The van der Waals surface area contributed by atoms with Gasteiger partial charge in [-0.15, -0.1) is 0 Å². The van der Waals surface area contributed by atoms with Crippen LogP contribution in [0.5, 0.6) is 5.75 Å². The van der Waals surface area contributed by atoms with Crippen LogP contribution in [-0.4, -0.2) is 12.1 Å². The van der Waals surface area contributed by atoms with Gasteiger partial charge in [0, 0.05) is 5.02 Å². The summed E-state index contributed by atoms with van der Waals surface area (Å²) in [6.07, 6.45) is 1.54. The summed E-state index contributed by atoms with van der Waals surface area (Å²) < 4.78 is 5.79. The number of benzene rings is 3. The van der Waals surface area contributed by atoms with Gasteiger partial charge in [-0.05, 0) is 35.4 Å². The van der Waals surface area contributed by atoms with Crippen LogP contribution < -0.4 is 10.2 Å². The van der Waals surface area contributed by atoms with Crippen molar-refractivity contribution in [1.82, 2.24) is 5.43 Å². The fourth-order valence-corrected chi connectivity index (χ4v) is 2.53. The average molecular weight is 365 g/mol. The van der Waals surface area contributed by atoms with Crippen LogP contribution in [0.1, 0.15) is 21.5 Å². The van der Waals surface area contributed by atoms with Crippen LogP contribution >= 0.6 is 11.6 Å². The molecule has 1 amide bonds. The lowest BCUT2D eigenvalue weighted by Gasteiger charge is -2.10. The van der Waals surface area contributed by atoms with E-state index in [2.05, 4.69) is 10.5 Å². The molecule has 0 atom stereocenters. The lowest BCUT2D eigenvalue weighted by Crippen LogP contribution is -2.18. The molecule has 0 bridgehead atoms. The Hall–Kier alpha value is -3.11. The van der Waals surface area contributed by atoms with Crippen molar-refractivity contribution in [2.24, 2.45) is 5.10 Å². The number of rotatable bonds is 6. The number of nitrogens with one attached hydrogen (secondary N) is 1. The average Bonchev–Trinajstić information content (AvgIpc) is 2.67. The maximum absolute atomic E-state index is 12.4. The summed E-state index contributed by atoms with van der Waals surface area (Å²) in [5.41, 5.74) is 4.76. The Morgan fingerprint density at radius 1 is 1.00 bits per heavy atom. The molecule has 26 heavy (non-hydrogen) atoms. The summed E-state index contributed by atoms with van der Waals surface area (Å²) in [5, 5.41) is 4.59. The van der Waals surface area contributed by atoms with Crippen LogP contribution in [0.15, 0.2) is 84.0 Å². The smallest absolute Gasteiger partial charge is 0.275 e. The summed E-state index contributed by atoms with van der Waals surface area (Å²) in [6, 6.07) is 24.0. The standard InChI is InChI=1S/C21H17ClN2O2/c22-18-10-6-9-17(13-18)14-23-24-21(25)19-11-4-5-12-20(19)26-15-16-7-2-1-3-8-16/h1-14H,15H2,(H,24,25). The highest BCUT2D eigenvalue weighted by Crippen LogP contribution is 2.19. The van der Waals surface area contributed by atoms with E-state index in [4.69, 9.17) is 16.3 Å². The molecule has 0 aliphatic heterocycles. The fraction of sp³-hybridized carbons (Fsp3) is 0.0476. The molecule has 0 spiro atoms. The van der Waals surface area contributed by atoms with Crippen LogP contribution in [0.25, 0.3) is 0 Å². The van der Waals surface area contributed by atoms with Gasteiger partial charge in [-0.25, -0.2) is 5.43 Å². The number of carbonyl (C=O) groups is 1. The third kappa shape index (κ3) is 4.94. The van der Waals surface area contributed by atoms with Crippen LogP contribution in [0.3, 0.4) is 0 Å². The van der Waals surface area contributed by atoms with E-state index in [9.17, 15) is 4.79 Å². The SMILES string of the molecule is O=C(NN=Cc1cccc(Cl)c1)c1ccccc1OCc1ccccc1. The third-order valence-corrected chi connectivity index (χ3v) is 3.83. The number of amides is 1. The van der Waals surface area contributed by atoms with E-state index in [0.29, 0.717) is 22.9 Å². The Labute approximate surface area is 157 Å². The molecule has 4 nitrogen and oxygen atoms in total. The van der Waals surface area contributed by atoms with Crippen molar-refractivity contribution in [1.29, 1.82) is 0 Å². The molecule has 0 unspecified atom stereocenters. The van der Waals surface area contributed by atoms with E-state index in [-0.39, 0.29) is 5.91 Å². The molecule has 0 radical (unpaired) electrons. The molecule has 0 fully saturated rings. The van der Waals surface area contributed by atoms with Gasteiger partial charge in [0.1, 0.15) is 12.4 Å². The van der Waals surface area contributed by atoms with E-state index in [1.807, 2.05) is 48.5 Å². The minimum absolute atomic E-state index is 0.341. The summed E-state index contributed by atoms with van der Waals surface area (Å²) >= 11 is 5.92. The van der Waals surface area contributed by atoms with Crippen molar-refractivity contribution in [2.45, 2.75) is 6.61 Å². The second-order valence-electron chi connectivity index (χ2n) is 5.52. The molecule has 0 saturated heterocycles. The second kappa shape index (κ2) is 8.83. The third-order valence-electron chi connectivity index (χ3n) is 3.60. The van der Waals surface area contributed by atoms with Crippen molar-refractivity contribution >= 4 is 23.7 Å². The Balaban J connectivity index is 1.65. The van der Waals surface area contributed by atoms with Gasteiger partial charge in [-0.1, -0.05) is 66.2 Å². The van der Waals surface area contributed by atoms with E-state index in [0.717, 1.165) is 11.1 Å². The molecule has 130 valence electrons. The molecule has 0 saturated carbocycles. The summed E-state index contributed by atoms with van der Waals surface area (Å²) in [4.78, 5) is 12.4. The highest BCUT2D eigenvalue weighted by Gasteiger charge is 2.11. The number of carbonyl (C=O) groups excluding carboxylic acids is 1. The number of para-hydroxylation sites is 1. The number of hydrogen-bond acceptors (Lipinski definition) is 3. The van der Waals surface area contributed by atoms with Crippen LogP contribution in [-0.2, 0) is 6.61 Å². The van der Waals surface area contributed by atoms with Crippen LogP contribution in [0.4, 0.5) is 0 Å². The molecule has 0 aliphatic rings. The first-order valence-electron chi connectivity index (χ1n) is 8.07. The molecular formula is C21H17ClN2O2. The Kier molecular flexibility index (Phi) is 6.01. The molecule has 0 aromatic heterocycles. The Bertz CT molecular complexity index is 911. The van der Waals surface area contributed by atoms with Crippen molar-refractivity contribution in [2.75, 3.05) is 0 Å². The second-order valence-corrected chi connectivity index (χ2v) is 5.96. The summed E-state index contributed by atoms with van der Waals surface area (Å²) in [7, 11) is 0. The van der Waals surface area contributed by atoms with Crippen LogP contribution in [0.2, 0.25) is 5.02 Å². The Morgan fingerprint density at radius 2 is 1.77 bits per heavy atom. The van der Waals surface area contributed by atoms with Crippen molar-refractivity contribution in [3.8, 4) is 5.75 Å². The van der Waals surface area contributed by atoms with Gasteiger partial charge in [0.2, 0.25) is 0 Å². The van der Waals surface area contributed by atoms with E-state index in [1.165, 1.54) is 6.21 Å². The summed E-state index contributed by atoms with van der Waals surface area (Å²) in [6.45, 7) is 0.386. The molecule has 5 heteroatoms. The molecular weight excluding hydrogens is 348 g/mol. The lowest BCUT2D eigenvalue weighted by atomic mass is 10.2. The number of hydrogen-bond donors (Lipinski definition) is 1. The number of ether oxygens (including phenoxy) is 1. The zero-order chi connectivity index (χ0) is 18.2. The van der Waals surface area contributed by atoms with Crippen LogP contribution in [0, 0.1) is 0 Å². The molecule has 0 aliphatic carbocycles. The quantitative estimate of drug-likeness (QED) is 0.510. The summed E-state index contributed by atoms with van der Waals surface area (Å²) in [5.74, 6) is 0.166. The highest BCUT2D eigenvalue weighted by atomic mass is 35.5. The van der Waals surface area contributed by atoms with Gasteiger partial charge >= 0.3 is 0 Å². The largest absolute Gasteiger partial charge is 0.488 e. The number of nitrogens with zero attached hydrogens (tertiary/aromatic N) is 1. The predicted octanol–water partition coefficient (Wildman–Crippen LogP) is 4.68. The fourth-order valence-electron chi connectivity index (χ4n) is 2.33. The normalized spacial score (nSPS) is 10.7. The number of halogens is 1. The molecule has 0 heterocycles. The first kappa shape index (κ1) is 17.7. The van der Waals surface area contributed by atoms with Gasteiger partial charge in [0.25, 0.3) is 5.91 Å². The van der Waals surface area contributed by atoms with Gasteiger partial charge in [-0.3, -0.25) is 4.79 Å². The molecule has 1 N–H and O–H groups in total. The van der Waals surface area contributed by atoms with Crippen molar-refractivity contribution in [3.63, 3.8) is 0 Å². The van der Waals surface area contributed by atoms with E-state index >= 15 is 0 Å². The van der Waals surface area contributed by atoms with Gasteiger partial charge < -0.3 is 4.74 Å². The first-order chi connectivity index (χ1) is 12.7. The molecule has 3 aromatic carbocycles. The topological polar surface area (TPSA) is 50.7 Å². The Morgan fingerprint density at radius 3 is 2.58 bits per heavy atom. The first-order valence-corrected chi connectivity index (χ1v) is 8.45. The maximum atomic E-state index is 12.4. The van der Waals surface area contributed by atoms with E-state index < -0.39 is 0 Å². The van der Waals surface area contributed by atoms with Gasteiger partial charge in [-0.2, -0.15) is 5.10 Å². The highest BCUT2D eigenvalue weighted by molar-refractivity contribution is 6.30. The number of hydrazone groups is 1. The van der Waals surface area contributed by atoms with Crippen molar-refractivity contribution < 1.29 is 9.53 Å². The zero-order valence-corrected chi connectivity index (χ0v) is 14.7. The van der Waals surface area contributed by atoms with Gasteiger partial charge in [0.15, 0.2) is 0 Å². The minimum atomic E-state index is -0.341. The van der Waals surface area contributed by atoms with E-state index in [1.54, 1.807) is 30.3 Å². The predicted molar refractivity (Wildman–Crippen MR) is 104 cm³/mol. The zero-order valence-electron chi connectivity index (χ0n) is 13.9. The molecule has 3 aromatic rings. The monoisotopic (exact) mass is 364 g/mol. The van der Waals surface area contributed by atoms with Crippen molar-refractivity contribution in [3.05, 3.63) is 101 Å². The maximum Gasteiger partial charge on any atom is 0.275 e. The van der Waals surface area contributed by atoms with Gasteiger partial charge in [0.05, 0.1) is 11.8 Å².